The van der Waals surface area contributed by atoms with Crippen LogP contribution in [0.3, 0.4) is 0 Å². The van der Waals surface area contributed by atoms with Crippen molar-refractivity contribution in [2.75, 3.05) is 5.75 Å². The van der Waals surface area contributed by atoms with E-state index in [1.54, 1.807) is 38.1 Å². The minimum Gasteiger partial charge on any atom is -0.480 e. The molecule has 0 spiro atoms. The second-order valence-electron chi connectivity index (χ2n) is 5.26. The maximum Gasteiger partial charge on any atom is 0.327 e. The topological polar surface area (TPSA) is 92.7 Å². The highest BCUT2D eigenvalue weighted by atomic mass is 35.5. The van der Waals surface area contributed by atoms with Crippen LogP contribution in [0.25, 0.3) is 0 Å². The third kappa shape index (κ3) is 6.50. The summed E-state index contributed by atoms with van der Waals surface area (Å²) in [6.07, 6.45) is 0. The van der Waals surface area contributed by atoms with Crippen molar-refractivity contribution in [1.29, 1.82) is 0 Å². The normalized spacial score (nSPS) is 12.3. The fourth-order valence-corrected chi connectivity index (χ4v) is 2.65. The van der Waals surface area contributed by atoms with Crippen LogP contribution in [0, 0.1) is 0 Å². The van der Waals surface area contributed by atoms with Gasteiger partial charge in [0.25, 0.3) is 0 Å². The molecule has 0 saturated carbocycles. The Morgan fingerprint density at radius 1 is 1.30 bits per heavy atom. The number of hydrogen-bond acceptors (Lipinski definition) is 5. The fourth-order valence-electron chi connectivity index (χ4n) is 1.59. The molecule has 0 heterocycles. The summed E-state index contributed by atoms with van der Waals surface area (Å²) in [6.45, 7) is 4.40. The Bertz CT molecular complexity index is 588. The Kier molecular flexibility index (Phi) is 6.90. The molecule has 1 amide bonds. The number of carbonyl (C=O) groups is 3. The molecule has 0 fully saturated rings. The van der Waals surface area contributed by atoms with Gasteiger partial charge in [0, 0.05) is 17.7 Å². The standard InChI is InChI=1S/C15H18ClNO5S/c1-9(18)17-12(13(19)20)8-23-14(21)15(2,3)22-11-6-4-10(16)5-7-11/h4-7,12H,8H2,1-3H3,(H,17,18)(H,19,20)/t12-/m0/s1. The van der Waals surface area contributed by atoms with E-state index in [0.29, 0.717) is 10.8 Å². The molecule has 8 heteroatoms. The predicted molar refractivity (Wildman–Crippen MR) is 88.9 cm³/mol. The van der Waals surface area contributed by atoms with Crippen molar-refractivity contribution in [2.45, 2.75) is 32.4 Å². The van der Waals surface area contributed by atoms with Crippen molar-refractivity contribution >= 4 is 40.4 Å². The lowest BCUT2D eigenvalue weighted by atomic mass is 10.1. The second kappa shape index (κ2) is 8.21. The van der Waals surface area contributed by atoms with Gasteiger partial charge in [-0.3, -0.25) is 9.59 Å². The van der Waals surface area contributed by atoms with Crippen LogP contribution in [-0.4, -0.2) is 39.5 Å². The molecule has 0 aliphatic carbocycles. The number of thioether (sulfide) groups is 1. The quantitative estimate of drug-likeness (QED) is 0.776. The fraction of sp³-hybridized carbons (Fsp3) is 0.400. The Morgan fingerprint density at radius 3 is 2.35 bits per heavy atom. The molecule has 126 valence electrons. The Balaban J connectivity index is 2.65. The number of aliphatic carboxylic acids is 1. The summed E-state index contributed by atoms with van der Waals surface area (Å²) in [5.74, 6) is -1.27. The maximum atomic E-state index is 12.3. The minimum atomic E-state index is -1.20. The van der Waals surface area contributed by atoms with Gasteiger partial charge in [0.2, 0.25) is 11.0 Å². The van der Waals surface area contributed by atoms with Crippen LogP contribution in [0.15, 0.2) is 24.3 Å². The number of ether oxygens (including phenoxy) is 1. The minimum absolute atomic E-state index is 0.0822. The average Bonchev–Trinajstić information content (AvgIpc) is 2.44. The van der Waals surface area contributed by atoms with Gasteiger partial charge in [0.05, 0.1) is 0 Å². The molecular formula is C15H18ClNO5S. The number of hydrogen-bond donors (Lipinski definition) is 2. The average molecular weight is 360 g/mol. The molecule has 0 saturated heterocycles. The molecule has 1 atom stereocenters. The van der Waals surface area contributed by atoms with Gasteiger partial charge in [-0.05, 0) is 38.1 Å². The van der Waals surface area contributed by atoms with Crippen molar-refractivity contribution in [1.82, 2.24) is 5.32 Å². The summed E-state index contributed by atoms with van der Waals surface area (Å²) in [6, 6.07) is 5.43. The van der Waals surface area contributed by atoms with Gasteiger partial charge in [0.1, 0.15) is 11.8 Å². The molecule has 0 bridgehead atoms. The number of benzene rings is 1. The maximum absolute atomic E-state index is 12.3. The van der Waals surface area contributed by atoms with Crippen LogP contribution >= 0.6 is 23.4 Å². The van der Waals surface area contributed by atoms with E-state index in [9.17, 15) is 14.4 Å². The number of carboxylic acids is 1. The Labute approximate surface area is 143 Å². The molecule has 6 nitrogen and oxygen atoms in total. The van der Waals surface area contributed by atoms with Gasteiger partial charge in [-0.25, -0.2) is 4.79 Å². The first kappa shape index (κ1) is 19.3. The summed E-state index contributed by atoms with van der Waals surface area (Å²) in [5, 5.41) is 11.5. The first-order valence-corrected chi connectivity index (χ1v) is 8.10. The van der Waals surface area contributed by atoms with Gasteiger partial charge < -0.3 is 15.2 Å². The van der Waals surface area contributed by atoms with E-state index in [1.807, 2.05) is 0 Å². The van der Waals surface area contributed by atoms with Gasteiger partial charge >= 0.3 is 5.97 Å². The number of nitrogens with one attached hydrogen (secondary N) is 1. The first-order chi connectivity index (χ1) is 10.6. The van der Waals surface area contributed by atoms with E-state index in [-0.39, 0.29) is 10.9 Å². The molecule has 23 heavy (non-hydrogen) atoms. The predicted octanol–water partition coefficient (Wildman–Crippen LogP) is 2.35. The zero-order valence-electron chi connectivity index (χ0n) is 13.0. The Hall–Kier alpha value is -1.73. The number of carbonyl (C=O) groups excluding carboxylic acids is 2. The third-order valence-corrected chi connectivity index (χ3v) is 4.24. The molecule has 0 radical (unpaired) electrons. The molecule has 0 aromatic heterocycles. The van der Waals surface area contributed by atoms with E-state index >= 15 is 0 Å². The summed E-state index contributed by atoms with van der Waals surface area (Å²) >= 11 is 6.58. The van der Waals surface area contributed by atoms with Crippen LogP contribution in [0.2, 0.25) is 5.02 Å². The largest absolute Gasteiger partial charge is 0.480 e. The highest BCUT2D eigenvalue weighted by molar-refractivity contribution is 8.13. The summed E-state index contributed by atoms with van der Waals surface area (Å²) < 4.78 is 5.63. The summed E-state index contributed by atoms with van der Waals surface area (Å²) in [5.41, 5.74) is -1.15. The lowest BCUT2D eigenvalue weighted by Crippen LogP contribution is -2.43. The molecular weight excluding hydrogens is 342 g/mol. The lowest BCUT2D eigenvalue weighted by molar-refractivity contribution is -0.140. The number of amides is 1. The third-order valence-electron chi connectivity index (χ3n) is 2.73. The van der Waals surface area contributed by atoms with E-state index in [0.717, 1.165) is 11.8 Å². The molecule has 2 N–H and O–H groups in total. The van der Waals surface area contributed by atoms with Gasteiger partial charge in [0.15, 0.2) is 5.60 Å². The molecule has 1 aromatic carbocycles. The molecule has 1 rings (SSSR count). The number of carboxylic acid groups (broad SMARTS) is 1. The van der Waals surface area contributed by atoms with Crippen molar-refractivity contribution in [3.05, 3.63) is 29.3 Å². The molecule has 0 aliphatic rings. The van der Waals surface area contributed by atoms with Crippen LogP contribution in [-0.2, 0) is 14.4 Å². The van der Waals surface area contributed by atoms with E-state index in [1.165, 1.54) is 6.92 Å². The van der Waals surface area contributed by atoms with Crippen LogP contribution < -0.4 is 10.1 Å². The van der Waals surface area contributed by atoms with E-state index < -0.39 is 23.5 Å². The zero-order chi connectivity index (χ0) is 17.6. The van der Waals surface area contributed by atoms with Crippen LogP contribution in [0.1, 0.15) is 20.8 Å². The first-order valence-electron chi connectivity index (χ1n) is 6.73. The molecule has 0 aliphatic heterocycles. The highest BCUT2D eigenvalue weighted by Gasteiger charge is 2.32. The summed E-state index contributed by atoms with van der Waals surface area (Å²) in [7, 11) is 0. The van der Waals surface area contributed by atoms with Crippen molar-refractivity contribution in [3.63, 3.8) is 0 Å². The van der Waals surface area contributed by atoms with Crippen molar-refractivity contribution < 1.29 is 24.2 Å². The van der Waals surface area contributed by atoms with Crippen molar-refractivity contribution in [2.24, 2.45) is 0 Å². The van der Waals surface area contributed by atoms with Crippen LogP contribution in [0.4, 0.5) is 0 Å². The smallest absolute Gasteiger partial charge is 0.327 e. The SMILES string of the molecule is CC(=O)N[C@@H](CSC(=O)C(C)(C)Oc1ccc(Cl)cc1)C(=O)O. The van der Waals surface area contributed by atoms with E-state index in [2.05, 4.69) is 5.32 Å². The van der Waals surface area contributed by atoms with Gasteiger partial charge in [-0.15, -0.1) is 0 Å². The summed E-state index contributed by atoms with van der Waals surface area (Å²) in [4.78, 5) is 34.3. The molecule has 0 unspecified atom stereocenters. The second-order valence-corrected chi connectivity index (χ2v) is 6.69. The highest BCUT2D eigenvalue weighted by Crippen LogP contribution is 2.25. The van der Waals surface area contributed by atoms with Crippen molar-refractivity contribution in [3.8, 4) is 5.75 Å². The number of rotatable bonds is 7. The zero-order valence-corrected chi connectivity index (χ0v) is 14.5. The number of halogens is 1. The Morgan fingerprint density at radius 2 is 1.87 bits per heavy atom. The van der Waals surface area contributed by atoms with E-state index in [4.69, 9.17) is 21.4 Å². The van der Waals surface area contributed by atoms with Gasteiger partial charge in [-0.2, -0.15) is 0 Å². The van der Waals surface area contributed by atoms with Gasteiger partial charge in [-0.1, -0.05) is 23.4 Å². The van der Waals surface area contributed by atoms with Crippen LogP contribution in [0.5, 0.6) is 5.75 Å². The molecule has 1 aromatic rings. The monoisotopic (exact) mass is 359 g/mol. The lowest BCUT2D eigenvalue weighted by Gasteiger charge is -2.25.